The molecule has 0 radical (unpaired) electrons. The van der Waals surface area contributed by atoms with Gasteiger partial charge in [-0.25, -0.2) is 4.39 Å². The van der Waals surface area contributed by atoms with Crippen molar-refractivity contribution in [3.63, 3.8) is 0 Å². The fourth-order valence-electron chi connectivity index (χ4n) is 0.852. The molecule has 0 aromatic heterocycles. The molecule has 78 valence electrons. The van der Waals surface area contributed by atoms with Gasteiger partial charge in [0, 0.05) is 0 Å². The lowest BCUT2D eigenvalue weighted by atomic mass is 9.91. The van der Waals surface area contributed by atoms with Crippen LogP contribution in [0.15, 0.2) is 0 Å². The van der Waals surface area contributed by atoms with Crippen LogP contribution in [0.5, 0.6) is 0 Å². The molecule has 0 spiro atoms. The van der Waals surface area contributed by atoms with Crippen LogP contribution < -0.4 is 0 Å². The van der Waals surface area contributed by atoms with Crippen molar-refractivity contribution in [3.05, 3.63) is 0 Å². The lowest BCUT2D eigenvalue weighted by molar-refractivity contribution is -0.500. The zero-order chi connectivity index (χ0) is 10.7. The third kappa shape index (κ3) is 1.06. The van der Waals surface area contributed by atoms with Crippen molar-refractivity contribution < 1.29 is 31.1 Å². The third-order valence-corrected chi connectivity index (χ3v) is 2.42. The van der Waals surface area contributed by atoms with Crippen LogP contribution in [0.1, 0.15) is 6.92 Å². The molecule has 0 N–H and O–H groups in total. The molecule has 0 aliphatic carbocycles. The van der Waals surface area contributed by atoms with E-state index in [0.717, 1.165) is 0 Å². The number of hydrogen-bond acceptors (Lipinski definition) is 1. The summed E-state index contributed by atoms with van der Waals surface area (Å²) in [4.78, 5) is 0. The van der Waals surface area contributed by atoms with Crippen molar-refractivity contribution in [3.8, 4) is 0 Å². The fraction of sp³-hybridized carbons (Fsp3) is 1.00. The Hall–Kier alpha value is -0.170. The Morgan fingerprint density at radius 2 is 1.54 bits per heavy atom. The molecule has 0 aromatic rings. The minimum Gasteiger partial charge on any atom is -0.296 e. The first-order chi connectivity index (χ1) is 5.46. The number of hydrogen-bond donors (Lipinski definition) is 0. The molecular formula is C5H3ClF6O. The standard InChI is InChI=1S/C5H3ClF6O/c1-2(4(8,9)10)3(6,7)5(11,12)13-2/h1H3/t2-,3-/m0/s1. The van der Waals surface area contributed by atoms with Gasteiger partial charge >= 0.3 is 17.4 Å². The Morgan fingerprint density at radius 1 is 1.15 bits per heavy atom. The topological polar surface area (TPSA) is 9.23 Å². The van der Waals surface area contributed by atoms with E-state index in [4.69, 9.17) is 0 Å². The van der Waals surface area contributed by atoms with Gasteiger partial charge in [0.2, 0.25) is 5.60 Å². The predicted molar refractivity (Wildman–Crippen MR) is 30.2 cm³/mol. The average Bonchev–Trinajstić information content (AvgIpc) is 1.83. The van der Waals surface area contributed by atoms with Crippen molar-refractivity contribution in [2.24, 2.45) is 0 Å². The molecule has 8 heteroatoms. The number of alkyl halides is 7. The lowest BCUT2D eigenvalue weighted by Gasteiger charge is -2.52. The highest BCUT2D eigenvalue weighted by Gasteiger charge is 2.87. The van der Waals surface area contributed by atoms with Crippen molar-refractivity contribution in [1.82, 2.24) is 0 Å². The van der Waals surface area contributed by atoms with E-state index >= 15 is 0 Å². The molecule has 1 rings (SSSR count). The van der Waals surface area contributed by atoms with Crippen molar-refractivity contribution >= 4 is 11.6 Å². The van der Waals surface area contributed by atoms with Gasteiger partial charge in [0.05, 0.1) is 0 Å². The van der Waals surface area contributed by atoms with Crippen LogP contribution in [0.2, 0.25) is 0 Å². The zero-order valence-corrected chi connectivity index (χ0v) is 6.81. The fourth-order valence-corrected chi connectivity index (χ4v) is 1.04. The monoisotopic (exact) mass is 228 g/mol. The van der Waals surface area contributed by atoms with Crippen molar-refractivity contribution in [2.75, 3.05) is 0 Å². The quantitative estimate of drug-likeness (QED) is 0.458. The summed E-state index contributed by atoms with van der Waals surface area (Å²) in [5.74, 6) is 0. The van der Waals surface area contributed by atoms with Crippen LogP contribution >= 0.6 is 11.6 Å². The van der Waals surface area contributed by atoms with Gasteiger partial charge in [0.1, 0.15) is 0 Å². The summed E-state index contributed by atoms with van der Waals surface area (Å²) in [5.41, 5.74) is -3.66. The van der Waals surface area contributed by atoms with E-state index in [1.807, 2.05) is 0 Å². The average molecular weight is 229 g/mol. The maximum atomic E-state index is 12.7. The normalized spacial score (nSPS) is 44.3. The molecule has 2 atom stereocenters. The van der Waals surface area contributed by atoms with Crippen LogP contribution in [0.3, 0.4) is 0 Å². The largest absolute Gasteiger partial charge is 0.422 e. The molecule has 13 heavy (non-hydrogen) atoms. The molecule has 1 saturated heterocycles. The molecular weight excluding hydrogens is 225 g/mol. The summed E-state index contributed by atoms with van der Waals surface area (Å²) in [5, 5.41) is -4.25. The molecule has 1 fully saturated rings. The highest BCUT2D eigenvalue weighted by Crippen LogP contribution is 2.63. The smallest absolute Gasteiger partial charge is 0.296 e. The summed E-state index contributed by atoms with van der Waals surface area (Å²) in [7, 11) is 0. The molecule has 1 aliphatic rings. The minimum absolute atomic E-state index is 0.122. The van der Waals surface area contributed by atoms with Gasteiger partial charge in [-0.1, -0.05) is 11.6 Å². The van der Waals surface area contributed by atoms with E-state index in [1.54, 1.807) is 0 Å². The SMILES string of the molecule is C[C@]1(C(F)(F)F)OC(F)(F)[C@]1(F)Cl. The molecule has 1 nitrogen and oxygen atoms in total. The van der Waals surface area contributed by atoms with Crippen LogP contribution in [-0.2, 0) is 4.74 Å². The van der Waals surface area contributed by atoms with E-state index in [-0.39, 0.29) is 6.92 Å². The number of ether oxygens (including phenoxy) is 1. The highest BCUT2D eigenvalue weighted by atomic mass is 35.5. The van der Waals surface area contributed by atoms with Gasteiger partial charge in [-0.3, -0.25) is 4.74 Å². The first-order valence-electron chi connectivity index (χ1n) is 2.98. The second-order valence-electron chi connectivity index (χ2n) is 2.72. The Labute approximate surface area is 73.6 Å². The van der Waals surface area contributed by atoms with E-state index < -0.39 is 23.0 Å². The van der Waals surface area contributed by atoms with Crippen LogP contribution in [0, 0.1) is 0 Å². The second kappa shape index (κ2) is 2.25. The van der Waals surface area contributed by atoms with E-state index in [1.165, 1.54) is 0 Å². The van der Waals surface area contributed by atoms with Crippen LogP contribution in [0.4, 0.5) is 26.3 Å². The Kier molecular flexibility index (Phi) is 1.89. The summed E-state index contributed by atoms with van der Waals surface area (Å²) in [6.07, 6.45) is -9.90. The van der Waals surface area contributed by atoms with Gasteiger partial charge in [-0.2, -0.15) is 22.0 Å². The van der Waals surface area contributed by atoms with Crippen molar-refractivity contribution in [1.29, 1.82) is 0 Å². The molecule has 0 unspecified atom stereocenters. The summed E-state index contributed by atoms with van der Waals surface area (Å²) < 4.78 is 75.9. The maximum absolute atomic E-state index is 12.7. The van der Waals surface area contributed by atoms with E-state index in [9.17, 15) is 26.3 Å². The third-order valence-electron chi connectivity index (χ3n) is 1.84. The molecule has 0 saturated carbocycles. The molecule has 0 aromatic carbocycles. The van der Waals surface area contributed by atoms with Crippen LogP contribution in [-0.4, -0.2) is 23.0 Å². The van der Waals surface area contributed by atoms with Gasteiger partial charge in [-0.05, 0) is 6.92 Å². The molecule has 1 aliphatic heterocycles. The lowest BCUT2D eigenvalue weighted by Crippen LogP contribution is -2.77. The van der Waals surface area contributed by atoms with Gasteiger partial charge < -0.3 is 0 Å². The molecule has 0 amide bonds. The first-order valence-corrected chi connectivity index (χ1v) is 3.36. The summed E-state index contributed by atoms with van der Waals surface area (Å²) in [6.45, 7) is 0.122. The second-order valence-corrected chi connectivity index (χ2v) is 3.25. The van der Waals surface area contributed by atoms with Crippen molar-refractivity contribution in [2.45, 2.75) is 29.9 Å². The number of rotatable bonds is 0. The van der Waals surface area contributed by atoms with Crippen LogP contribution in [0.25, 0.3) is 0 Å². The molecule has 1 heterocycles. The summed E-state index contributed by atoms with van der Waals surface area (Å²) in [6, 6.07) is 0. The first kappa shape index (κ1) is 10.9. The maximum Gasteiger partial charge on any atom is 0.422 e. The predicted octanol–water partition coefficient (Wildman–Crippen LogP) is 2.84. The minimum atomic E-state index is -5.29. The Bertz CT molecular complexity index is 236. The van der Waals surface area contributed by atoms with Gasteiger partial charge in [0.15, 0.2) is 0 Å². The summed E-state index contributed by atoms with van der Waals surface area (Å²) >= 11 is 4.43. The Morgan fingerprint density at radius 3 is 1.62 bits per heavy atom. The Balaban J connectivity index is 3.02. The van der Waals surface area contributed by atoms with E-state index in [0.29, 0.717) is 0 Å². The van der Waals surface area contributed by atoms with Gasteiger partial charge in [-0.15, -0.1) is 0 Å². The van der Waals surface area contributed by atoms with Gasteiger partial charge in [0.25, 0.3) is 0 Å². The highest BCUT2D eigenvalue weighted by molar-refractivity contribution is 6.25. The van der Waals surface area contributed by atoms with E-state index in [2.05, 4.69) is 16.3 Å². The number of halogens is 7. The zero-order valence-electron chi connectivity index (χ0n) is 6.05. The molecule has 0 bridgehead atoms.